The first-order chi connectivity index (χ1) is 15.5. The average Bonchev–Trinajstić information content (AvgIpc) is 2.79. The minimum atomic E-state index is -1.30. The van der Waals surface area contributed by atoms with E-state index in [1.807, 2.05) is 60.7 Å². The summed E-state index contributed by atoms with van der Waals surface area (Å²) in [5.41, 5.74) is 3.28. The molecule has 3 aromatic rings. The molecular weight excluding hydrogens is 408 g/mol. The standard InChI is InChI=1S/C25H22N2O5/c1-2-32-19-14-17(13-18(28)21(19)24(29)30)23-20(15-9-5-3-6-10-15)22(26-25(31)27-23)16-11-7-4-8-12-16/h3-14,23,28H,2H2,1H3,(H,29,30)(H2,26,27,31). The van der Waals surface area contributed by atoms with Crippen LogP contribution in [0.2, 0.25) is 0 Å². The molecule has 0 aromatic heterocycles. The first-order valence-electron chi connectivity index (χ1n) is 10.1. The van der Waals surface area contributed by atoms with Gasteiger partial charge in [-0.05, 0) is 35.7 Å². The summed E-state index contributed by atoms with van der Waals surface area (Å²) in [6.45, 7) is 1.95. The van der Waals surface area contributed by atoms with Crippen LogP contribution in [0.1, 0.15) is 40.0 Å². The molecule has 162 valence electrons. The molecule has 32 heavy (non-hydrogen) atoms. The highest BCUT2D eigenvalue weighted by Crippen LogP contribution is 2.41. The number of aromatic hydroxyl groups is 1. The first-order valence-corrected chi connectivity index (χ1v) is 10.1. The second kappa shape index (κ2) is 8.85. The number of carbonyl (C=O) groups is 2. The lowest BCUT2D eigenvalue weighted by molar-refractivity contribution is 0.0689. The molecule has 2 amide bonds. The van der Waals surface area contributed by atoms with Crippen LogP contribution in [0.3, 0.4) is 0 Å². The van der Waals surface area contributed by atoms with Gasteiger partial charge in [-0.15, -0.1) is 0 Å². The SMILES string of the molecule is CCOc1cc(C2NC(=O)NC(c3ccccc3)=C2c2ccccc2)cc(O)c1C(=O)O. The maximum Gasteiger partial charge on any atom is 0.343 e. The van der Waals surface area contributed by atoms with Crippen LogP contribution in [0, 0.1) is 0 Å². The van der Waals surface area contributed by atoms with Crippen LogP contribution in [-0.4, -0.2) is 28.8 Å². The number of phenols is 1. The minimum Gasteiger partial charge on any atom is -0.507 e. The van der Waals surface area contributed by atoms with Gasteiger partial charge in [-0.2, -0.15) is 0 Å². The van der Waals surface area contributed by atoms with Gasteiger partial charge in [0.05, 0.1) is 18.3 Å². The van der Waals surface area contributed by atoms with Crippen molar-refractivity contribution in [3.63, 3.8) is 0 Å². The number of rotatable bonds is 6. The van der Waals surface area contributed by atoms with Crippen molar-refractivity contribution in [3.05, 3.63) is 95.1 Å². The van der Waals surface area contributed by atoms with E-state index in [4.69, 9.17) is 4.74 Å². The van der Waals surface area contributed by atoms with Gasteiger partial charge >= 0.3 is 12.0 Å². The van der Waals surface area contributed by atoms with Crippen molar-refractivity contribution in [2.24, 2.45) is 0 Å². The van der Waals surface area contributed by atoms with Crippen molar-refractivity contribution < 1.29 is 24.5 Å². The molecule has 0 radical (unpaired) electrons. The fourth-order valence-electron chi connectivity index (χ4n) is 3.85. The van der Waals surface area contributed by atoms with Crippen LogP contribution < -0.4 is 15.4 Å². The van der Waals surface area contributed by atoms with Gasteiger partial charge in [-0.3, -0.25) is 0 Å². The summed E-state index contributed by atoms with van der Waals surface area (Å²) in [6.07, 6.45) is 0. The highest BCUT2D eigenvalue weighted by atomic mass is 16.5. The Bertz CT molecular complexity index is 1190. The van der Waals surface area contributed by atoms with Crippen LogP contribution >= 0.6 is 0 Å². The molecule has 1 unspecified atom stereocenters. The number of carboxylic acid groups (broad SMARTS) is 1. The number of carbonyl (C=O) groups excluding carboxylic acids is 1. The van der Waals surface area contributed by atoms with Crippen molar-refractivity contribution in [2.75, 3.05) is 6.61 Å². The summed E-state index contributed by atoms with van der Waals surface area (Å²) >= 11 is 0. The van der Waals surface area contributed by atoms with Gasteiger partial charge in [-0.25, -0.2) is 9.59 Å². The van der Waals surface area contributed by atoms with E-state index in [-0.39, 0.29) is 17.9 Å². The van der Waals surface area contributed by atoms with E-state index in [2.05, 4.69) is 10.6 Å². The highest BCUT2D eigenvalue weighted by molar-refractivity contribution is 6.03. The van der Waals surface area contributed by atoms with E-state index in [0.29, 0.717) is 11.3 Å². The summed E-state index contributed by atoms with van der Waals surface area (Å²) in [4.78, 5) is 24.3. The summed E-state index contributed by atoms with van der Waals surface area (Å²) in [7, 11) is 0. The molecule has 0 aliphatic carbocycles. The van der Waals surface area contributed by atoms with E-state index in [9.17, 15) is 19.8 Å². The molecule has 1 atom stereocenters. The van der Waals surface area contributed by atoms with Crippen LogP contribution in [0.25, 0.3) is 11.3 Å². The van der Waals surface area contributed by atoms with Crippen molar-refractivity contribution in [1.82, 2.24) is 10.6 Å². The zero-order valence-corrected chi connectivity index (χ0v) is 17.3. The van der Waals surface area contributed by atoms with Gasteiger partial charge < -0.3 is 25.6 Å². The second-order valence-corrected chi connectivity index (χ2v) is 7.20. The largest absolute Gasteiger partial charge is 0.507 e. The van der Waals surface area contributed by atoms with Gasteiger partial charge in [0.1, 0.15) is 17.1 Å². The molecule has 7 heteroatoms. The number of ether oxygens (including phenoxy) is 1. The van der Waals surface area contributed by atoms with Crippen molar-refractivity contribution in [1.29, 1.82) is 0 Å². The predicted octanol–water partition coefficient (Wildman–Crippen LogP) is 4.41. The number of urea groups is 1. The molecule has 3 aromatic carbocycles. The zero-order valence-electron chi connectivity index (χ0n) is 17.3. The Morgan fingerprint density at radius 2 is 1.62 bits per heavy atom. The molecule has 0 fully saturated rings. The Hall–Kier alpha value is -4.26. The lowest BCUT2D eigenvalue weighted by atomic mass is 9.87. The number of amides is 2. The topological polar surface area (TPSA) is 108 Å². The molecule has 1 heterocycles. The Balaban J connectivity index is 1.96. The van der Waals surface area contributed by atoms with E-state index in [0.717, 1.165) is 16.7 Å². The molecule has 7 nitrogen and oxygen atoms in total. The zero-order chi connectivity index (χ0) is 22.7. The van der Waals surface area contributed by atoms with Gasteiger partial charge in [0.15, 0.2) is 0 Å². The lowest BCUT2D eigenvalue weighted by Crippen LogP contribution is -2.43. The molecule has 0 bridgehead atoms. The fourth-order valence-corrected chi connectivity index (χ4v) is 3.85. The van der Waals surface area contributed by atoms with Crippen molar-refractivity contribution in [3.8, 4) is 11.5 Å². The Morgan fingerprint density at radius 1 is 1.00 bits per heavy atom. The third-order valence-electron chi connectivity index (χ3n) is 5.17. The maximum atomic E-state index is 12.6. The van der Waals surface area contributed by atoms with Crippen LogP contribution in [0.15, 0.2) is 72.8 Å². The Kier molecular flexibility index (Phi) is 5.81. The summed E-state index contributed by atoms with van der Waals surface area (Å²) in [6, 6.07) is 20.9. The van der Waals surface area contributed by atoms with Gasteiger partial charge in [-0.1, -0.05) is 60.7 Å². The molecule has 4 N–H and O–H groups in total. The third-order valence-corrected chi connectivity index (χ3v) is 5.17. The van der Waals surface area contributed by atoms with Crippen molar-refractivity contribution >= 4 is 23.3 Å². The van der Waals surface area contributed by atoms with E-state index >= 15 is 0 Å². The van der Waals surface area contributed by atoms with E-state index in [1.54, 1.807) is 13.0 Å². The summed E-state index contributed by atoms with van der Waals surface area (Å²) in [5, 5.41) is 25.8. The summed E-state index contributed by atoms with van der Waals surface area (Å²) < 4.78 is 5.50. The maximum absolute atomic E-state index is 12.6. The smallest absolute Gasteiger partial charge is 0.343 e. The van der Waals surface area contributed by atoms with Gasteiger partial charge in [0.2, 0.25) is 0 Å². The average molecular weight is 430 g/mol. The summed E-state index contributed by atoms with van der Waals surface area (Å²) in [5.74, 6) is -1.69. The lowest BCUT2D eigenvalue weighted by Gasteiger charge is -2.31. The van der Waals surface area contributed by atoms with E-state index < -0.39 is 23.8 Å². The normalized spacial score (nSPS) is 15.7. The number of hydrogen-bond donors (Lipinski definition) is 4. The number of aromatic carboxylic acids is 1. The van der Waals surface area contributed by atoms with Gasteiger partial charge in [0, 0.05) is 5.57 Å². The minimum absolute atomic E-state index is 0.0384. The van der Waals surface area contributed by atoms with Crippen LogP contribution in [-0.2, 0) is 0 Å². The molecular formula is C25H22N2O5. The Labute approximate surface area is 185 Å². The molecule has 0 saturated heterocycles. The highest BCUT2D eigenvalue weighted by Gasteiger charge is 2.32. The van der Waals surface area contributed by atoms with Gasteiger partial charge in [0.25, 0.3) is 0 Å². The number of benzene rings is 3. The molecule has 1 aliphatic rings. The fraction of sp³-hybridized carbons (Fsp3) is 0.120. The molecule has 1 aliphatic heterocycles. The number of hydrogen-bond acceptors (Lipinski definition) is 4. The number of nitrogens with one attached hydrogen (secondary N) is 2. The van der Waals surface area contributed by atoms with E-state index in [1.165, 1.54) is 6.07 Å². The third kappa shape index (κ3) is 4.00. The second-order valence-electron chi connectivity index (χ2n) is 7.20. The predicted molar refractivity (Wildman–Crippen MR) is 120 cm³/mol. The quantitative estimate of drug-likeness (QED) is 0.463. The number of carboxylic acids is 1. The van der Waals surface area contributed by atoms with Crippen molar-refractivity contribution in [2.45, 2.75) is 13.0 Å². The molecule has 0 saturated carbocycles. The Morgan fingerprint density at radius 3 is 2.22 bits per heavy atom. The first kappa shape index (κ1) is 21.0. The molecule has 0 spiro atoms. The van der Waals surface area contributed by atoms with Crippen LogP contribution in [0.4, 0.5) is 4.79 Å². The van der Waals surface area contributed by atoms with Crippen LogP contribution in [0.5, 0.6) is 11.5 Å². The molecule has 4 rings (SSSR count). The monoisotopic (exact) mass is 430 g/mol.